The molecule has 8 amide bonds. The molecular formula is C61H66N8O11. The summed E-state index contributed by atoms with van der Waals surface area (Å²) in [5.74, 6) is -2.81. The summed E-state index contributed by atoms with van der Waals surface area (Å²) >= 11 is 0. The summed E-state index contributed by atoms with van der Waals surface area (Å²) in [6, 6.07) is 35.6. The van der Waals surface area contributed by atoms with Crippen LogP contribution in [0, 0.1) is 13.8 Å². The number of aryl methyl sites for hydroxylation is 2. The number of nitrogens with zero attached hydrogens (tertiary/aromatic N) is 1. The van der Waals surface area contributed by atoms with E-state index in [2.05, 4.69) is 37.2 Å². The summed E-state index contributed by atoms with van der Waals surface area (Å²) in [6.45, 7) is 6.90. The van der Waals surface area contributed by atoms with E-state index < -0.39 is 47.9 Å². The highest BCUT2D eigenvalue weighted by molar-refractivity contribution is 6.02. The molecule has 6 aromatic carbocycles. The maximum absolute atomic E-state index is 13.9. The molecule has 416 valence electrons. The summed E-state index contributed by atoms with van der Waals surface area (Å²) in [4.78, 5) is 107. The van der Waals surface area contributed by atoms with E-state index in [1.54, 1.807) is 84.9 Å². The van der Waals surface area contributed by atoms with Gasteiger partial charge in [0.25, 0.3) is 0 Å². The molecule has 3 unspecified atom stereocenters. The van der Waals surface area contributed by atoms with Crippen molar-refractivity contribution in [1.29, 1.82) is 0 Å². The van der Waals surface area contributed by atoms with Crippen LogP contribution < -0.4 is 46.7 Å². The van der Waals surface area contributed by atoms with Crippen molar-refractivity contribution >= 4 is 70.4 Å². The minimum Gasteiger partial charge on any atom is -0.495 e. The maximum Gasteiger partial charge on any atom is 0.336 e. The van der Waals surface area contributed by atoms with Crippen molar-refractivity contribution in [2.24, 2.45) is 0 Å². The number of nitrogens with one attached hydrogen (secondary N) is 7. The van der Waals surface area contributed by atoms with Gasteiger partial charge in [0.15, 0.2) is 0 Å². The molecular weight excluding hydrogens is 1020 g/mol. The monoisotopic (exact) mass is 1090 g/mol. The number of methoxy groups -OCH3 is 2. The third-order valence-corrected chi connectivity index (χ3v) is 13.3. The van der Waals surface area contributed by atoms with Crippen LogP contribution in [0.2, 0.25) is 0 Å². The first kappa shape index (κ1) is 58.2. The zero-order chi connectivity index (χ0) is 57.3. The fourth-order valence-corrected chi connectivity index (χ4v) is 9.40. The van der Waals surface area contributed by atoms with Gasteiger partial charge in [-0.15, -0.1) is 0 Å². The maximum atomic E-state index is 13.9. The van der Waals surface area contributed by atoms with Crippen LogP contribution in [0.15, 0.2) is 133 Å². The van der Waals surface area contributed by atoms with Crippen molar-refractivity contribution in [3.05, 3.63) is 178 Å². The Balaban J connectivity index is 0.930. The highest BCUT2D eigenvalue weighted by Crippen LogP contribution is 2.34. The molecule has 0 spiro atoms. The Hall–Kier alpha value is -9.52. The number of carbonyl (C=O) groups is 8. The van der Waals surface area contributed by atoms with Crippen LogP contribution >= 0.6 is 0 Å². The first-order valence-electron chi connectivity index (χ1n) is 26.1. The molecule has 1 saturated heterocycles. The number of likely N-dealkylation sites (tertiary alicyclic amines) is 1. The number of hydrogen-bond donors (Lipinski definition) is 7. The van der Waals surface area contributed by atoms with Gasteiger partial charge >= 0.3 is 24.0 Å². The zero-order valence-corrected chi connectivity index (χ0v) is 45.5. The number of amides is 8. The van der Waals surface area contributed by atoms with Gasteiger partial charge in [0.2, 0.25) is 23.6 Å². The largest absolute Gasteiger partial charge is 0.495 e. The van der Waals surface area contributed by atoms with Crippen LogP contribution in [0.1, 0.15) is 77.2 Å². The van der Waals surface area contributed by atoms with E-state index >= 15 is 0 Å². The molecule has 80 heavy (non-hydrogen) atoms. The standard InChI is InChI=1S/C61H66N8O11/c1-37-14-7-9-20-47(37)65-60(76)67-49-25-23-43(32-54(49)78-5)34-56(72)62-36-45-18-11-16-41(28-45)30-51(63-39(3)70)58(74)80-59(75)52(64-40(4)71)31-42-17-12-19-46(29-42)53-22-13-27-69(53)57(73)35-44-24-26-50(55(33-44)79-6)68-61(77)66-48-21-10-8-15-38(48)2/h7-12,14-21,23-26,28-29,32-33,51-53H,13,22,27,30-31,34-36H2,1-6H3,(H,62,72)(H,63,70)(H,64,71)(H2,65,67,76)(H2,66,68,77). The molecule has 7 rings (SSSR count). The van der Waals surface area contributed by atoms with Crippen molar-refractivity contribution in [3.63, 3.8) is 0 Å². The van der Waals surface area contributed by atoms with Crippen LogP contribution in [-0.2, 0) is 65.7 Å². The fourth-order valence-electron chi connectivity index (χ4n) is 9.40. The van der Waals surface area contributed by atoms with Gasteiger partial charge in [0, 0.05) is 51.2 Å². The van der Waals surface area contributed by atoms with Crippen LogP contribution in [-0.4, -0.2) is 85.4 Å². The lowest BCUT2D eigenvalue weighted by atomic mass is 9.98. The topological polar surface area (TPSA) is 252 Å². The van der Waals surface area contributed by atoms with Crippen molar-refractivity contribution < 1.29 is 52.6 Å². The van der Waals surface area contributed by atoms with Crippen LogP contribution in [0.3, 0.4) is 0 Å². The summed E-state index contributed by atoms with van der Waals surface area (Å²) in [5.41, 5.74) is 8.07. The molecule has 1 aliphatic heterocycles. The Kier molecular flexibility index (Phi) is 20.1. The molecule has 0 bridgehead atoms. The molecule has 6 aromatic rings. The van der Waals surface area contributed by atoms with Gasteiger partial charge in [-0.2, -0.15) is 0 Å². The Morgan fingerprint density at radius 2 is 1.02 bits per heavy atom. The second-order valence-electron chi connectivity index (χ2n) is 19.5. The molecule has 19 heteroatoms. The summed E-state index contributed by atoms with van der Waals surface area (Å²) in [6.07, 6.45) is 1.41. The van der Waals surface area contributed by atoms with Gasteiger partial charge in [0.1, 0.15) is 23.6 Å². The van der Waals surface area contributed by atoms with Gasteiger partial charge in [-0.1, -0.05) is 97.1 Å². The minimum absolute atomic E-state index is 0.00844. The van der Waals surface area contributed by atoms with Gasteiger partial charge < -0.3 is 56.3 Å². The molecule has 3 atom stereocenters. The smallest absolute Gasteiger partial charge is 0.336 e. The molecule has 1 heterocycles. The number of carbonyl (C=O) groups excluding carboxylic acids is 8. The SMILES string of the molecule is COc1cc(CC(=O)NCc2cccc(CC(NC(C)=O)C(=O)OC(=O)C(Cc3cccc(C4CCCN4C(=O)Cc4ccc(NC(=O)Nc5ccccc5C)c(OC)c4)c3)NC(C)=O)c2)ccc1NC(=O)Nc1ccccc1C. The lowest BCUT2D eigenvalue weighted by molar-refractivity contribution is -0.164. The molecule has 0 aliphatic carbocycles. The average Bonchev–Trinajstić information content (AvgIpc) is 3.94. The van der Waals surface area contributed by atoms with E-state index in [-0.39, 0.29) is 50.1 Å². The molecule has 1 fully saturated rings. The van der Waals surface area contributed by atoms with Crippen molar-refractivity contribution in [1.82, 2.24) is 20.9 Å². The molecule has 0 saturated carbocycles. The van der Waals surface area contributed by atoms with Crippen molar-refractivity contribution in [2.75, 3.05) is 42.0 Å². The van der Waals surface area contributed by atoms with Crippen LogP contribution in [0.25, 0.3) is 0 Å². The number of ether oxygens (including phenoxy) is 3. The highest BCUT2D eigenvalue weighted by Gasteiger charge is 2.32. The predicted octanol–water partition coefficient (Wildman–Crippen LogP) is 8.24. The van der Waals surface area contributed by atoms with Crippen LogP contribution in [0.4, 0.5) is 32.3 Å². The van der Waals surface area contributed by atoms with E-state index in [4.69, 9.17) is 14.2 Å². The van der Waals surface area contributed by atoms with Crippen molar-refractivity contribution in [2.45, 2.75) is 90.9 Å². The predicted molar refractivity (Wildman–Crippen MR) is 303 cm³/mol. The average molecular weight is 1090 g/mol. The Morgan fingerprint density at radius 1 is 0.537 bits per heavy atom. The summed E-state index contributed by atoms with van der Waals surface area (Å²) < 4.78 is 16.5. The van der Waals surface area contributed by atoms with Gasteiger partial charge in [-0.25, -0.2) is 19.2 Å². The lowest BCUT2D eigenvalue weighted by Gasteiger charge is -2.26. The van der Waals surface area contributed by atoms with Crippen molar-refractivity contribution in [3.8, 4) is 11.5 Å². The van der Waals surface area contributed by atoms with Crippen LogP contribution in [0.5, 0.6) is 11.5 Å². The first-order valence-corrected chi connectivity index (χ1v) is 26.1. The first-order chi connectivity index (χ1) is 38.4. The van der Waals surface area contributed by atoms with E-state index in [0.717, 1.165) is 23.1 Å². The number of hydrogen-bond acceptors (Lipinski definition) is 11. The third kappa shape index (κ3) is 16.5. The fraction of sp³-hybridized carbons (Fsp3) is 0.279. The van der Waals surface area contributed by atoms with Gasteiger partial charge in [0.05, 0.1) is 44.5 Å². The Labute approximate surface area is 464 Å². The summed E-state index contributed by atoms with van der Waals surface area (Å²) in [7, 11) is 2.95. The number of rotatable bonds is 21. The molecule has 1 aliphatic rings. The second kappa shape index (κ2) is 27.7. The third-order valence-electron chi connectivity index (χ3n) is 13.3. The van der Waals surface area contributed by atoms with E-state index in [1.807, 2.05) is 67.3 Å². The molecule has 7 N–H and O–H groups in total. The molecule has 0 aromatic heterocycles. The quantitative estimate of drug-likeness (QED) is 0.0267. The number of esters is 2. The number of benzene rings is 6. The Morgan fingerprint density at radius 3 is 1.55 bits per heavy atom. The lowest BCUT2D eigenvalue weighted by Crippen LogP contribution is -2.47. The zero-order valence-electron chi connectivity index (χ0n) is 45.5. The minimum atomic E-state index is -1.29. The molecule has 19 nitrogen and oxygen atoms in total. The Bertz CT molecular complexity index is 3270. The van der Waals surface area contributed by atoms with E-state index in [0.29, 0.717) is 75.0 Å². The number of anilines is 4. The molecule has 0 radical (unpaired) electrons. The van der Waals surface area contributed by atoms with E-state index in [9.17, 15) is 38.4 Å². The van der Waals surface area contributed by atoms with Gasteiger partial charge in [-0.3, -0.25) is 19.2 Å². The van der Waals surface area contributed by atoms with E-state index in [1.165, 1.54) is 28.1 Å². The summed E-state index contributed by atoms with van der Waals surface area (Å²) in [5, 5.41) is 19.3. The number of para-hydroxylation sites is 2. The second-order valence-corrected chi connectivity index (χ2v) is 19.5. The van der Waals surface area contributed by atoms with Gasteiger partial charge in [-0.05, 0) is 108 Å². The highest BCUT2D eigenvalue weighted by atomic mass is 16.6. The number of urea groups is 2. The normalized spacial score (nSPS) is 13.4.